The summed E-state index contributed by atoms with van der Waals surface area (Å²) in [5.74, 6) is -0.498. The molecular formula is C16H22FNO3. The van der Waals surface area contributed by atoms with Crippen molar-refractivity contribution in [2.24, 2.45) is 5.41 Å². The zero-order valence-corrected chi connectivity index (χ0v) is 12.6. The predicted octanol–water partition coefficient (Wildman–Crippen LogP) is 2.04. The molecular weight excluding hydrogens is 273 g/mol. The zero-order chi connectivity index (χ0) is 15.6. The van der Waals surface area contributed by atoms with Crippen LogP contribution in [0.1, 0.15) is 32.8 Å². The number of fused-ring (bicyclic) bond motifs is 1. The second kappa shape index (κ2) is 6.02. The van der Waals surface area contributed by atoms with Crippen LogP contribution in [0.3, 0.4) is 0 Å². The van der Waals surface area contributed by atoms with Crippen LogP contribution in [0.25, 0.3) is 0 Å². The van der Waals surface area contributed by atoms with Gasteiger partial charge in [-0.2, -0.15) is 0 Å². The second-order valence-electron chi connectivity index (χ2n) is 6.47. The highest BCUT2D eigenvalue weighted by molar-refractivity contribution is 5.82. The van der Waals surface area contributed by atoms with Crippen LogP contribution >= 0.6 is 0 Å². The van der Waals surface area contributed by atoms with Gasteiger partial charge in [-0.05, 0) is 24.8 Å². The summed E-state index contributed by atoms with van der Waals surface area (Å²) in [5, 5.41) is 12.3. The molecule has 1 aliphatic heterocycles. The van der Waals surface area contributed by atoms with Crippen molar-refractivity contribution in [3.05, 3.63) is 29.6 Å². The Morgan fingerprint density at radius 2 is 2.29 bits per heavy atom. The minimum Gasteiger partial charge on any atom is -0.477 e. The van der Waals surface area contributed by atoms with Crippen LogP contribution in [-0.4, -0.2) is 29.8 Å². The molecule has 0 spiro atoms. The van der Waals surface area contributed by atoms with Gasteiger partial charge in [0.05, 0.1) is 6.10 Å². The van der Waals surface area contributed by atoms with Gasteiger partial charge in [-0.1, -0.05) is 26.0 Å². The van der Waals surface area contributed by atoms with Gasteiger partial charge >= 0.3 is 0 Å². The minimum atomic E-state index is -0.681. The number of aliphatic hydroxyl groups excluding tert-OH is 1. The molecule has 0 saturated heterocycles. The molecule has 0 bridgehead atoms. The number of hydrogen-bond donors (Lipinski definition) is 2. The number of amides is 1. The van der Waals surface area contributed by atoms with Crippen LogP contribution in [0.2, 0.25) is 0 Å². The molecule has 0 aliphatic carbocycles. The molecule has 1 heterocycles. The molecule has 2 unspecified atom stereocenters. The summed E-state index contributed by atoms with van der Waals surface area (Å²) in [7, 11) is 0. The van der Waals surface area contributed by atoms with E-state index in [0.717, 1.165) is 5.56 Å². The average molecular weight is 295 g/mol. The SMILES string of the molecule is CC(O)CC(C)(C)CNC(=O)C1Cc2cccc(F)c2O1. The Morgan fingerprint density at radius 3 is 2.90 bits per heavy atom. The van der Waals surface area contributed by atoms with E-state index < -0.39 is 18.0 Å². The highest BCUT2D eigenvalue weighted by atomic mass is 19.1. The Morgan fingerprint density at radius 1 is 1.57 bits per heavy atom. The molecule has 1 aromatic carbocycles. The molecule has 1 aromatic rings. The van der Waals surface area contributed by atoms with Gasteiger partial charge in [0.25, 0.3) is 5.91 Å². The maximum Gasteiger partial charge on any atom is 0.261 e. The zero-order valence-electron chi connectivity index (χ0n) is 12.6. The van der Waals surface area contributed by atoms with Crippen LogP contribution in [0.5, 0.6) is 5.75 Å². The van der Waals surface area contributed by atoms with E-state index >= 15 is 0 Å². The molecule has 0 saturated carbocycles. The number of ether oxygens (including phenoxy) is 1. The lowest BCUT2D eigenvalue weighted by Crippen LogP contribution is -2.42. The molecule has 116 valence electrons. The molecule has 0 aromatic heterocycles. The number of aliphatic hydroxyl groups is 1. The maximum absolute atomic E-state index is 13.6. The van der Waals surface area contributed by atoms with Gasteiger partial charge < -0.3 is 15.2 Å². The smallest absolute Gasteiger partial charge is 0.261 e. The molecule has 4 nitrogen and oxygen atoms in total. The van der Waals surface area contributed by atoms with Crippen molar-refractivity contribution in [2.45, 2.75) is 45.8 Å². The van der Waals surface area contributed by atoms with Crippen LogP contribution in [0.4, 0.5) is 4.39 Å². The van der Waals surface area contributed by atoms with Gasteiger partial charge in [-0.25, -0.2) is 4.39 Å². The normalized spacial score (nSPS) is 18.8. The first-order valence-corrected chi connectivity index (χ1v) is 7.18. The number of halogens is 1. The fraction of sp³-hybridized carbons (Fsp3) is 0.562. The third-order valence-corrected chi connectivity index (χ3v) is 3.60. The minimum absolute atomic E-state index is 0.181. The molecule has 2 N–H and O–H groups in total. The first-order valence-electron chi connectivity index (χ1n) is 7.18. The average Bonchev–Trinajstić information content (AvgIpc) is 2.80. The van der Waals surface area contributed by atoms with Crippen molar-refractivity contribution in [3.63, 3.8) is 0 Å². The molecule has 0 radical (unpaired) electrons. The van der Waals surface area contributed by atoms with Crippen LogP contribution in [0.15, 0.2) is 18.2 Å². The van der Waals surface area contributed by atoms with Crippen LogP contribution in [0, 0.1) is 11.2 Å². The fourth-order valence-corrected chi connectivity index (χ4v) is 2.69. The number of rotatable bonds is 5. The Hall–Kier alpha value is -1.62. The predicted molar refractivity (Wildman–Crippen MR) is 77.6 cm³/mol. The Labute approximate surface area is 124 Å². The number of hydrogen-bond acceptors (Lipinski definition) is 3. The van der Waals surface area contributed by atoms with Crippen molar-refractivity contribution in [2.75, 3.05) is 6.54 Å². The Balaban J connectivity index is 1.91. The fourth-order valence-electron chi connectivity index (χ4n) is 2.69. The number of benzene rings is 1. The van der Waals surface area contributed by atoms with Gasteiger partial charge in [0.1, 0.15) is 0 Å². The molecule has 21 heavy (non-hydrogen) atoms. The summed E-state index contributed by atoms with van der Waals surface area (Å²) in [5.41, 5.74) is 0.513. The quantitative estimate of drug-likeness (QED) is 0.874. The Kier molecular flexibility index (Phi) is 4.52. The highest BCUT2D eigenvalue weighted by Crippen LogP contribution is 2.31. The van der Waals surface area contributed by atoms with E-state index in [0.29, 0.717) is 19.4 Å². The summed E-state index contributed by atoms with van der Waals surface area (Å²) >= 11 is 0. The third kappa shape index (κ3) is 3.94. The Bertz CT molecular complexity index is 528. The first kappa shape index (κ1) is 15.8. The van der Waals surface area contributed by atoms with Gasteiger partial charge in [0.15, 0.2) is 17.7 Å². The topological polar surface area (TPSA) is 58.6 Å². The van der Waals surface area contributed by atoms with E-state index in [4.69, 9.17) is 4.74 Å². The largest absolute Gasteiger partial charge is 0.477 e. The lowest BCUT2D eigenvalue weighted by atomic mass is 9.87. The van der Waals surface area contributed by atoms with Gasteiger partial charge in [-0.15, -0.1) is 0 Å². The molecule has 2 atom stereocenters. The summed E-state index contributed by atoms with van der Waals surface area (Å²) in [4.78, 5) is 12.1. The maximum atomic E-state index is 13.6. The van der Waals surface area contributed by atoms with Crippen LogP contribution < -0.4 is 10.1 Å². The summed E-state index contributed by atoms with van der Waals surface area (Å²) in [6, 6.07) is 4.71. The highest BCUT2D eigenvalue weighted by Gasteiger charge is 2.32. The van der Waals surface area contributed by atoms with Crippen LogP contribution in [-0.2, 0) is 11.2 Å². The number of carbonyl (C=O) groups is 1. The standard InChI is InChI=1S/C16H22FNO3/c1-10(19)8-16(2,3)9-18-15(20)13-7-11-5-4-6-12(17)14(11)21-13/h4-6,10,13,19H,7-9H2,1-3H3,(H,18,20). The van der Waals surface area contributed by atoms with Gasteiger partial charge in [0.2, 0.25) is 0 Å². The number of nitrogens with one attached hydrogen (secondary N) is 1. The van der Waals surface area contributed by atoms with Gasteiger partial charge in [-0.3, -0.25) is 4.79 Å². The monoisotopic (exact) mass is 295 g/mol. The molecule has 1 amide bonds. The van der Waals surface area contributed by atoms with E-state index in [2.05, 4.69) is 5.32 Å². The molecule has 5 heteroatoms. The second-order valence-corrected chi connectivity index (χ2v) is 6.47. The van der Waals surface area contributed by atoms with Gasteiger partial charge in [0, 0.05) is 18.5 Å². The number of carbonyl (C=O) groups excluding carboxylic acids is 1. The van der Waals surface area contributed by atoms with Crippen molar-refractivity contribution < 1.29 is 19.0 Å². The van der Waals surface area contributed by atoms with E-state index in [1.165, 1.54) is 6.07 Å². The van der Waals surface area contributed by atoms with E-state index in [9.17, 15) is 14.3 Å². The lowest BCUT2D eigenvalue weighted by molar-refractivity contribution is -0.127. The van der Waals surface area contributed by atoms with Crippen molar-refractivity contribution in [1.29, 1.82) is 0 Å². The van der Waals surface area contributed by atoms with E-state index in [-0.39, 0.29) is 17.1 Å². The third-order valence-electron chi connectivity index (χ3n) is 3.60. The van der Waals surface area contributed by atoms with Crippen molar-refractivity contribution in [3.8, 4) is 5.75 Å². The number of para-hydroxylation sites is 1. The molecule has 0 fully saturated rings. The lowest BCUT2D eigenvalue weighted by Gasteiger charge is -2.27. The van der Waals surface area contributed by atoms with E-state index in [1.54, 1.807) is 19.1 Å². The van der Waals surface area contributed by atoms with E-state index in [1.807, 2.05) is 13.8 Å². The van der Waals surface area contributed by atoms with Crippen molar-refractivity contribution in [1.82, 2.24) is 5.32 Å². The summed E-state index contributed by atoms with van der Waals surface area (Å²) in [6.45, 7) is 6.12. The summed E-state index contributed by atoms with van der Waals surface area (Å²) < 4.78 is 19.0. The summed E-state index contributed by atoms with van der Waals surface area (Å²) in [6.07, 6.45) is -0.124. The molecule has 2 rings (SSSR count). The molecule has 1 aliphatic rings. The first-order chi connectivity index (χ1) is 9.78. The van der Waals surface area contributed by atoms with Crippen molar-refractivity contribution >= 4 is 5.91 Å².